The lowest BCUT2D eigenvalue weighted by atomic mass is 10.0. The average Bonchev–Trinajstić information content (AvgIpc) is 3.00. The molecule has 3 heterocycles. The molecule has 0 amide bonds. The first-order valence-electron chi connectivity index (χ1n) is 6.23. The molecule has 1 aliphatic heterocycles. The van der Waals surface area contributed by atoms with Crippen LogP contribution in [-0.4, -0.2) is 22.6 Å². The second-order valence-electron chi connectivity index (χ2n) is 4.59. The highest BCUT2D eigenvalue weighted by Gasteiger charge is 2.14. The van der Waals surface area contributed by atoms with Gasteiger partial charge < -0.3 is 10.3 Å². The topological polar surface area (TPSA) is 40.7 Å². The molecular formula is C13H17N3S. The van der Waals surface area contributed by atoms with Gasteiger partial charge in [-0.05, 0) is 25.5 Å². The van der Waals surface area contributed by atoms with E-state index in [0.717, 1.165) is 11.4 Å². The van der Waals surface area contributed by atoms with Gasteiger partial charge in [0.25, 0.3) is 0 Å². The van der Waals surface area contributed by atoms with E-state index in [9.17, 15) is 0 Å². The van der Waals surface area contributed by atoms with Crippen LogP contribution in [-0.2, 0) is 6.42 Å². The number of piperidine rings is 1. The van der Waals surface area contributed by atoms with E-state index in [1.165, 1.54) is 37.1 Å². The Morgan fingerprint density at radius 3 is 3.18 bits per heavy atom. The molecule has 1 unspecified atom stereocenters. The van der Waals surface area contributed by atoms with Crippen LogP contribution in [0.1, 0.15) is 25.0 Å². The van der Waals surface area contributed by atoms with Crippen LogP contribution in [0.5, 0.6) is 0 Å². The predicted molar refractivity (Wildman–Crippen MR) is 71.2 cm³/mol. The number of hydrogen-bond donors (Lipinski definition) is 2. The SMILES string of the molecule is c1cc(-c2nc(CC3CCCCN3)cs2)c[nH]1. The Labute approximate surface area is 105 Å². The highest BCUT2D eigenvalue weighted by atomic mass is 32.1. The second kappa shape index (κ2) is 5.02. The summed E-state index contributed by atoms with van der Waals surface area (Å²) in [5, 5.41) is 6.89. The zero-order valence-electron chi connectivity index (χ0n) is 9.78. The number of rotatable bonds is 3. The summed E-state index contributed by atoms with van der Waals surface area (Å²) in [4.78, 5) is 7.78. The fourth-order valence-corrected chi connectivity index (χ4v) is 3.17. The molecule has 1 saturated heterocycles. The van der Waals surface area contributed by atoms with Gasteiger partial charge in [0.1, 0.15) is 5.01 Å². The molecule has 2 N–H and O–H groups in total. The summed E-state index contributed by atoms with van der Waals surface area (Å²) < 4.78 is 0. The van der Waals surface area contributed by atoms with Gasteiger partial charge in [-0.25, -0.2) is 4.98 Å². The summed E-state index contributed by atoms with van der Waals surface area (Å²) in [5.74, 6) is 0. The first-order chi connectivity index (χ1) is 8.42. The van der Waals surface area contributed by atoms with Crippen molar-refractivity contribution in [2.24, 2.45) is 0 Å². The monoisotopic (exact) mass is 247 g/mol. The smallest absolute Gasteiger partial charge is 0.125 e. The van der Waals surface area contributed by atoms with Crippen molar-refractivity contribution in [1.82, 2.24) is 15.3 Å². The number of aromatic nitrogens is 2. The molecule has 0 saturated carbocycles. The van der Waals surface area contributed by atoms with Crippen LogP contribution in [0.4, 0.5) is 0 Å². The fraction of sp³-hybridized carbons (Fsp3) is 0.462. The summed E-state index contributed by atoms with van der Waals surface area (Å²) in [5.41, 5.74) is 2.42. The van der Waals surface area contributed by atoms with E-state index >= 15 is 0 Å². The quantitative estimate of drug-likeness (QED) is 0.875. The van der Waals surface area contributed by atoms with Crippen molar-refractivity contribution in [1.29, 1.82) is 0 Å². The lowest BCUT2D eigenvalue weighted by molar-refractivity contribution is 0.397. The Bertz CT molecular complexity index is 455. The summed E-state index contributed by atoms with van der Waals surface area (Å²) in [6.07, 6.45) is 8.98. The molecule has 0 spiro atoms. The minimum Gasteiger partial charge on any atom is -0.367 e. The van der Waals surface area contributed by atoms with E-state index in [1.807, 2.05) is 12.4 Å². The fourth-order valence-electron chi connectivity index (χ4n) is 2.34. The number of H-pyrrole nitrogens is 1. The minimum atomic E-state index is 0.630. The normalized spacial score (nSPS) is 20.6. The average molecular weight is 247 g/mol. The number of aromatic amines is 1. The van der Waals surface area contributed by atoms with Gasteiger partial charge in [0, 0.05) is 35.8 Å². The molecule has 17 heavy (non-hydrogen) atoms. The Morgan fingerprint density at radius 2 is 2.41 bits per heavy atom. The number of thiazole rings is 1. The molecule has 1 atom stereocenters. The maximum Gasteiger partial charge on any atom is 0.125 e. The lowest BCUT2D eigenvalue weighted by Crippen LogP contribution is -2.35. The molecule has 0 aliphatic carbocycles. The van der Waals surface area contributed by atoms with Crippen molar-refractivity contribution < 1.29 is 0 Å². The molecule has 1 aliphatic rings. The Morgan fingerprint density at radius 1 is 1.41 bits per heavy atom. The van der Waals surface area contributed by atoms with Gasteiger partial charge in [0.2, 0.25) is 0 Å². The third-order valence-electron chi connectivity index (χ3n) is 3.26. The maximum atomic E-state index is 4.71. The van der Waals surface area contributed by atoms with Gasteiger partial charge in [0.05, 0.1) is 5.69 Å². The van der Waals surface area contributed by atoms with Crippen molar-refractivity contribution in [2.45, 2.75) is 31.7 Å². The molecule has 4 heteroatoms. The maximum absolute atomic E-state index is 4.71. The molecule has 0 bridgehead atoms. The van der Waals surface area contributed by atoms with Crippen molar-refractivity contribution in [3.63, 3.8) is 0 Å². The number of nitrogens with one attached hydrogen (secondary N) is 2. The number of hydrogen-bond acceptors (Lipinski definition) is 3. The van der Waals surface area contributed by atoms with Crippen LogP contribution in [0.25, 0.3) is 10.6 Å². The molecule has 3 nitrogen and oxygen atoms in total. The predicted octanol–water partition coefficient (Wildman–Crippen LogP) is 2.82. The molecule has 2 aromatic rings. The third-order valence-corrected chi connectivity index (χ3v) is 4.20. The highest BCUT2D eigenvalue weighted by Crippen LogP contribution is 2.24. The van der Waals surface area contributed by atoms with E-state index in [-0.39, 0.29) is 0 Å². The molecular weight excluding hydrogens is 230 g/mol. The number of nitrogens with zero attached hydrogens (tertiary/aromatic N) is 1. The van der Waals surface area contributed by atoms with E-state index < -0.39 is 0 Å². The molecule has 2 aromatic heterocycles. The van der Waals surface area contributed by atoms with Crippen molar-refractivity contribution in [3.05, 3.63) is 29.5 Å². The molecule has 0 aromatic carbocycles. The zero-order valence-corrected chi connectivity index (χ0v) is 10.6. The van der Waals surface area contributed by atoms with E-state index in [0.29, 0.717) is 6.04 Å². The first-order valence-corrected chi connectivity index (χ1v) is 7.11. The standard InChI is InChI=1S/C13H17N3S/c1-2-5-15-11(3-1)7-12-9-17-13(16-12)10-4-6-14-8-10/h4,6,8-9,11,14-15H,1-3,5,7H2. The van der Waals surface area contributed by atoms with Crippen molar-refractivity contribution in [2.75, 3.05) is 6.54 Å². The van der Waals surface area contributed by atoms with Gasteiger partial charge in [-0.1, -0.05) is 6.42 Å². The van der Waals surface area contributed by atoms with E-state index in [2.05, 4.69) is 21.7 Å². The van der Waals surface area contributed by atoms with Crippen LogP contribution in [0.2, 0.25) is 0 Å². The summed E-state index contributed by atoms with van der Waals surface area (Å²) in [7, 11) is 0. The van der Waals surface area contributed by atoms with Crippen LogP contribution in [0.3, 0.4) is 0 Å². The largest absolute Gasteiger partial charge is 0.367 e. The van der Waals surface area contributed by atoms with E-state index in [1.54, 1.807) is 11.3 Å². The van der Waals surface area contributed by atoms with Gasteiger partial charge in [-0.2, -0.15) is 0 Å². The van der Waals surface area contributed by atoms with Gasteiger partial charge in [-0.15, -0.1) is 11.3 Å². The Kier molecular flexibility index (Phi) is 3.25. The van der Waals surface area contributed by atoms with Crippen LogP contribution >= 0.6 is 11.3 Å². The summed E-state index contributed by atoms with van der Waals surface area (Å²) in [6.45, 7) is 1.17. The van der Waals surface area contributed by atoms with E-state index in [4.69, 9.17) is 4.98 Å². The Balaban J connectivity index is 1.68. The second-order valence-corrected chi connectivity index (χ2v) is 5.45. The van der Waals surface area contributed by atoms with Crippen molar-refractivity contribution in [3.8, 4) is 10.6 Å². The third kappa shape index (κ3) is 2.58. The Hall–Kier alpha value is -1.13. The molecule has 90 valence electrons. The van der Waals surface area contributed by atoms with Crippen LogP contribution < -0.4 is 5.32 Å². The lowest BCUT2D eigenvalue weighted by Gasteiger charge is -2.22. The highest BCUT2D eigenvalue weighted by molar-refractivity contribution is 7.13. The van der Waals surface area contributed by atoms with Crippen molar-refractivity contribution >= 4 is 11.3 Å². The summed E-state index contributed by atoms with van der Waals surface area (Å²) >= 11 is 1.74. The van der Waals surface area contributed by atoms with Crippen LogP contribution in [0, 0.1) is 0 Å². The molecule has 3 rings (SSSR count). The minimum absolute atomic E-state index is 0.630. The molecule has 1 fully saturated rings. The van der Waals surface area contributed by atoms with Crippen LogP contribution in [0.15, 0.2) is 23.8 Å². The first kappa shape index (κ1) is 11.0. The molecule has 0 radical (unpaired) electrons. The van der Waals surface area contributed by atoms with Gasteiger partial charge in [-0.3, -0.25) is 0 Å². The van der Waals surface area contributed by atoms with Gasteiger partial charge in [0.15, 0.2) is 0 Å². The zero-order chi connectivity index (χ0) is 11.5. The summed E-state index contributed by atoms with van der Waals surface area (Å²) in [6, 6.07) is 2.70. The van der Waals surface area contributed by atoms with Gasteiger partial charge >= 0.3 is 0 Å².